The minimum Gasteiger partial charge on any atom is -0.349 e. The van der Waals surface area contributed by atoms with Gasteiger partial charge in [0.1, 0.15) is 12.2 Å². The summed E-state index contributed by atoms with van der Waals surface area (Å²) in [7, 11) is 1.97. The minimum atomic E-state index is -0.0621. The Hall–Kier alpha value is -2.25. The molecule has 1 aromatic heterocycles. The Labute approximate surface area is 171 Å². The topological polar surface area (TPSA) is 66.7 Å². The zero-order chi connectivity index (χ0) is 21.0. The number of hydrogen-bond acceptors (Lipinski definition) is 4. The highest BCUT2D eigenvalue weighted by atomic mass is 32.1. The molecule has 1 heterocycles. The summed E-state index contributed by atoms with van der Waals surface area (Å²) < 4.78 is 0. The molecule has 0 bridgehead atoms. The van der Waals surface area contributed by atoms with Crippen molar-refractivity contribution in [3.8, 4) is 0 Å². The van der Waals surface area contributed by atoms with E-state index in [9.17, 15) is 9.59 Å². The van der Waals surface area contributed by atoms with Crippen molar-refractivity contribution in [3.05, 3.63) is 39.9 Å². The van der Waals surface area contributed by atoms with Gasteiger partial charge in [-0.1, -0.05) is 17.7 Å². The summed E-state index contributed by atoms with van der Waals surface area (Å²) in [5.41, 5.74) is 5.06. The third-order valence-corrected chi connectivity index (χ3v) is 5.17. The van der Waals surface area contributed by atoms with Crippen molar-refractivity contribution in [2.24, 2.45) is 0 Å². The van der Waals surface area contributed by atoms with Crippen LogP contribution < -0.4 is 15.1 Å². The largest absolute Gasteiger partial charge is 0.349 e. The summed E-state index contributed by atoms with van der Waals surface area (Å²) >= 11 is 1.45. The van der Waals surface area contributed by atoms with Crippen LogP contribution in [0.2, 0.25) is 0 Å². The van der Waals surface area contributed by atoms with E-state index in [4.69, 9.17) is 4.98 Å². The number of rotatable bonds is 7. The third-order valence-electron chi connectivity index (χ3n) is 4.30. The highest BCUT2D eigenvalue weighted by Gasteiger charge is 2.22. The van der Waals surface area contributed by atoms with E-state index in [1.807, 2.05) is 40.1 Å². The van der Waals surface area contributed by atoms with Gasteiger partial charge in [0.25, 0.3) is 5.91 Å². The summed E-state index contributed by atoms with van der Waals surface area (Å²) in [5.74, 6) is -0.0350. The number of hydrogen-bond donors (Lipinski definition) is 2. The van der Waals surface area contributed by atoms with Gasteiger partial charge in [0.15, 0.2) is 11.7 Å². The predicted molar refractivity (Wildman–Crippen MR) is 114 cm³/mol. The van der Waals surface area contributed by atoms with Crippen molar-refractivity contribution in [3.63, 3.8) is 0 Å². The number of amides is 2. The van der Waals surface area contributed by atoms with Gasteiger partial charge in [-0.25, -0.2) is 4.98 Å². The fraction of sp³-hybridized carbons (Fsp3) is 0.476. The second-order valence-corrected chi connectivity index (χ2v) is 8.59. The first-order valence-electron chi connectivity index (χ1n) is 9.52. The molecular formula is C21H31N4O2S+. The SMILES string of the molecule is CC(=O)N(c1nc(C[NH+](C)CC(=O)NC(C)C)cs1)c1c(C)cc(C)cc1C. The van der Waals surface area contributed by atoms with Crippen molar-refractivity contribution in [2.75, 3.05) is 18.5 Å². The first-order valence-corrected chi connectivity index (χ1v) is 10.4. The van der Waals surface area contributed by atoms with Crippen LogP contribution >= 0.6 is 11.3 Å². The van der Waals surface area contributed by atoms with Crippen LogP contribution in [0.15, 0.2) is 17.5 Å². The second-order valence-electron chi connectivity index (χ2n) is 7.76. The normalized spacial score (nSPS) is 12.1. The molecule has 2 rings (SSSR count). The van der Waals surface area contributed by atoms with Gasteiger partial charge in [0.05, 0.1) is 12.7 Å². The number of nitrogens with zero attached hydrogens (tertiary/aromatic N) is 2. The smallest absolute Gasteiger partial charge is 0.275 e. The van der Waals surface area contributed by atoms with Gasteiger partial charge in [-0.2, -0.15) is 0 Å². The van der Waals surface area contributed by atoms with Crippen LogP contribution in [-0.4, -0.2) is 36.4 Å². The van der Waals surface area contributed by atoms with E-state index in [1.165, 1.54) is 16.9 Å². The van der Waals surface area contributed by atoms with E-state index in [0.717, 1.165) is 27.4 Å². The fourth-order valence-electron chi connectivity index (χ4n) is 3.41. The third kappa shape index (κ3) is 5.62. The van der Waals surface area contributed by atoms with Crippen LogP contribution in [-0.2, 0) is 16.1 Å². The van der Waals surface area contributed by atoms with Crippen LogP contribution in [0.5, 0.6) is 0 Å². The maximum Gasteiger partial charge on any atom is 0.275 e. The molecule has 6 nitrogen and oxygen atoms in total. The lowest BCUT2D eigenvalue weighted by Crippen LogP contribution is -3.09. The molecule has 0 aliphatic carbocycles. The van der Waals surface area contributed by atoms with Gasteiger partial charge in [-0.05, 0) is 45.7 Å². The zero-order valence-corrected chi connectivity index (χ0v) is 18.7. The molecule has 1 aromatic carbocycles. The van der Waals surface area contributed by atoms with Crippen molar-refractivity contribution in [2.45, 2.75) is 54.1 Å². The predicted octanol–water partition coefficient (Wildman–Crippen LogP) is 2.29. The molecule has 2 amide bonds. The molecule has 0 spiro atoms. The summed E-state index contributed by atoms with van der Waals surface area (Å²) in [5, 5.41) is 5.54. The fourth-order valence-corrected chi connectivity index (χ4v) is 4.28. The highest BCUT2D eigenvalue weighted by molar-refractivity contribution is 7.14. The molecule has 0 fully saturated rings. The Kier molecular flexibility index (Phi) is 7.32. The van der Waals surface area contributed by atoms with E-state index < -0.39 is 0 Å². The number of aromatic nitrogens is 1. The van der Waals surface area contributed by atoms with Gasteiger partial charge in [-0.3, -0.25) is 14.5 Å². The molecule has 2 N–H and O–H groups in total. The number of quaternary nitrogens is 1. The standard InChI is InChI=1S/C21H30N4O2S/c1-13(2)22-19(27)11-24(7)10-18-12-28-21(23-18)25(17(6)26)20-15(4)8-14(3)9-16(20)5/h8-9,12-13H,10-11H2,1-7H3,(H,22,27)/p+1. The molecule has 0 saturated carbocycles. The molecule has 7 heteroatoms. The van der Waals surface area contributed by atoms with Crippen LogP contribution in [0.1, 0.15) is 43.2 Å². The number of carbonyl (C=O) groups is 2. The Morgan fingerprint density at radius 2 is 1.82 bits per heavy atom. The zero-order valence-electron chi connectivity index (χ0n) is 17.8. The Balaban J connectivity index is 2.20. The van der Waals surface area contributed by atoms with E-state index in [1.54, 1.807) is 11.8 Å². The summed E-state index contributed by atoms with van der Waals surface area (Å²) in [6.45, 7) is 12.6. The number of likely N-dealkylation sites (N-methyl/N-ethyl adjacent to an activating group) is 1. The minimum absolute atomic E-state index is 0.0271. The molecule has 2 aromatic rings. The maximum absolute atomic E-state index is 12.4. The van der Waals surface area contributed by atoms with Gasteiger partial charge in [0, 0.05) is 18.3 Å². The molecule has 1 atom stereocenters. The Bertz CT molecular complexity index is 837. The molecule has 0 aliphatic heterocycles. The second kappa shape index (κ2) is 9.30. The van der Waals surface area contributed by atoms with Crippen LogP contribution in [0.25, 0.3) is 0 Å². The molecule has 152 valence electrons. The molecule has 0 radical (unpaired) electrons. The van der Waals surface area contributed by atoms with E-state index in [-0.39, 0.29) is 17.9 Å². The Morgan fingerprint density at radius 1 is 1.21 bits per heavy atom. The number of thiazole rings is 1. The maximum atomic E-state index is 12.4. The molecular weight excluding hydrogens is 372 g/mol. The lowest BCUT2D eigenvalue weighted by Gasteiger charge is -2.23. The number of aryl methyl sites for hydroxylation is 3. The molecule has 0 aliphatic rings. The van der Waals surface area contributed by atoms with E-state index in [2.05, 4.69) is 24.4 Å². The number of carbonyl (C=O) groups excluding carboxylic acids is 2. The lowest BCUT2D eigenvalue weighted by molar-refractivity contribution is -0.885. The first-order chi connectivity index (χ1) is 13.1. The molecule has 1 unspecified atom stereocenters. The number of nitrogens with one attached hydrogen (secondary N) is 2. The molecule has 28 heavy (non-hydrogen) atoms. The van der Waals surface area contributed by atoms with Gasteiger partial charge < -0.3 is 10.2 Å². The summed E-state index contributed by atoms with van der Waals surface area (Å²) in [4.78, 5) is 31.8. The van der Waals surface area contributed by atoms with Gasteiger partial charge >= 0.3 is 0 Å². The van der Waals surface area contributed by atoms with Crippen molar-refractivity contribution < 1.29 is 14.5 Å². The molecule has 0 saturated heterocycles. The van der Waals surface area contributed by atoms with Crippen LogP contribution in [0.3, 0.4) is 0 Å². The first kappa shape index (κ1) is 22.0. The van der Waals surface area contributed by atoms with E-state index >= 15 is 0 Å². The summed E-state index contributed by atoms with van der Waals surface area (Å²) in [6, 6.07) is 4.30. The quantitative estimate of drug-likeness (QED) is 0.745. The summed E-state index contributed by atoms with van der Waals surface area (Å²) in [6.07, 6.45) is 0. The van der Waals surface area contributed by atoms with Crippen LogP contribution in [0, 0.1) is 20.8 Å². The monoisotopic (exact) mass is 403 g/mol. The highest BCUT2D eigenvalue weighted by Crippen LogP contribution is 2.34. The number of anilines is 2. The van der Waals surface area contributed by atoms with Crippen molar-refractivity contribution in [1.29, 1.82) is 0 Å². The van der Waals surface area contributed by atoms with Gasteiger partial charge in [-0.15, -0.1) is 11.3 Å². The van der Waals surface area contributed by atoms with E-state index in [0.29, 0.717) is 18.2 Å². The average Bonchev–Trinajstić information content (AvgIpc) is 2.96. The number of benzene rings is 1. The van der Waals surface area contributed by atoms with Gasteiger partial charge in [0.2, 0.25) is 5.91 Å². The average molecular weight is 404 g/mol. The Morgan fingerprint density at radius 3 is 2.36 bits per heavy atom. The van der Waals surface area contributed by atoms with Crippen molar-refractivity contribution in [1.82, 2.24) is 10.3 Å². The lowest BCUT2D eigenvalue weighted by atomic mass is 10.0. The van der Waals surface area contributed by atoms with Crippen LogP contribution in [0.4, 0.5) is 10.8 Å². The van der Waals surface area contributed by atoms with Crippen molar-refractivity contribution >= 4 is 34.0 Å².